The minimum atomic E-state index is -4.00. The number of nitrogens with zero attached hydrogens (tertiary/aromatic N) is 3. The summed E-state index contributed by atoms with van der Waals surface area (Å²) in [6.07, 6.45) is 0.948. The van der Waals surface area contributed by atoms with Gasteiger partial charge in [-0.25, -0.2) is 13.1 Å². The first kappa shape index (κ1) is 22.1. The molecule has 0 bridgehead atoms. The van der Waals surface area contributed by atoms with Crippen molar-refractivity contribution in [1.29, 1.82) is 0 Å². The van der Waals surface area contributed by atoms with Gasteiger partial charge in [0.15, 0.2) is 5.25 Å². The molecule has 0 aromatic carbocycles. The minimum Gasteiger partial charge on any atom is -0.368 e. The van der Waals surface area contributed by atoms with Crippen LogP contribution in [0.5, 0.6) is 0 Å². The van der Waals surface area contributed by atoms with E-state index in [1.807, 2.05) is 7.05 Å². The topological polar surface area (TPSA) is 116 Å². The van der Waals surface area contributed by atoms with Gasteiger partial charge < -0.3 is 20.4 Å². The molecule has 3 N–H and O–H groups in total. The lowest BCUT2D eigenvalue weighted by Crippen LogP contribution is -2.53. The van der Waals surface area contributed by atoms with Gasteiger partial charge in [0, 0.05) is 38.3 Å². The van der Waals surface area contributed by atoms with E-state index in [0.717, 1.165) is 26.2 Å². The van der Waals surface area contributed by atoms with E-state index in [0.29, 0.717) is 32.0 Å². The molecule has 156 valence electrons. The molecule has 2 aliphatic heterocycles. The summed E-state index contributed by atoms with van der Waals surface area (Å²) in [7, 11) is -2.04. The van der Waals surface area contributed by atoms with Gasteiger partial charge in [-0.15, -0.1) is 0 Å². The fraction of sp³-hybridized carbons (Fsp3) is 0.882. The van der Waals surface area contributed by atoms with Gasteiger partial charge in [-0.05, 0) is 46.8 Å². The molecule has 0 saturated carbocycles. The number of primary amides is 1. The Labute approximate surface area is 162 Å². The van der Waals surface area contributed by atoms with Crippen LogP contribution in [0.2, 0.25) is 0 Å². The number of nitrogens with one attached hydrogen (secondary N) is 1. The summed E-state index contributed by atoms with van der Waals surface area (Å²) in [4.78, 5) is 30.3. The highest BCUT2D eigenvalue weighted by molar-refractivity contribution is 7.90. The molecule has 2 fully saturated rings. The summed E-state index contributed by atoms with van der Waals surface area (Å²) in [5.41, 5.74) is 5.34. The lowest BCUT2D eigenvalue weighted by Gasteiger charge is -2.35. The van der Waals surface area contributed by atoms with E-state index in [9.17, 15) is 18.0 Å². The first-order valence-electron chi connectivity index (χ1n) is 9.61. The predicted molar refractivity (Wildman–Crippen MR) is 103 cm³/mol. The van der Waals surface area contributed by atoms with Crippen LogP contribution in [0.4, 0.5) is 0 Å². The number of likely N-dealkylation sites (tertiary alicyclic amines) is 1. The zero-order valence-corrected chi connectivity index (χ0v) is 17.4. The number of nitrogens with two attached hydrogens (primary N) is 1. The van der Waals surface area contributed by atoms with Crippen molar-refractivity contribution in [2.75, 3.05) is 46.3 Å². The van der Waals surface area contributed by atoms with Crippen molar-refractivity contribution in [1.82, 2.24) is 19.4 Å². The quantitative estimate of drug-likeness (QED) is 0.551. The first-order valence-corrected chi connectivity index (χ1v) is 11.2. The third-order valence-corrected chi connectivity index (χ3v) is 7.31. The van der Waals surface area contributed by atoms with Crippen molar-refractivity contribution in [3.8, 4) is 0 Å². The number of rotatable bonds is 7. The van der Waals surface area contributed by atoms with Crippen LogP contribution in [-0.2, 0) is 19.6 Å². The molecule has 0 spiro atoms. The maximum absolute atomic E-state index is 12.7. The normalized spacial score (nSPS) is 22.1. The maximum atomic E-state index is 12.7. The minimum absolute atomic E-state index is 0.231. The number of carbonyl (C=O) groups excluding carboxylic acids is 2. The molecule has 2 heterocycles. The Morgan fingerprint density at radius 2 is 1.63 bits per heavy atom. The Morgan fingerprint density at radius 3 is 2.11 bits per heavy atom. The van der Waals surface area contributed by atoms with Gasteiger partial charge in [0.2, 0.25) is 21.8 Å². The largest absolute Gasteiger partial charge is 0.368 e. The first-order chi connectivity index (χ1) is 12.6. The monoisotopic (exact) mass is 403 g/mol. The Balaban J connectivity index is 1.96. The van der Waals surface area contributed by atoms with Crippen LogP contribution < -0.4 is 10.5 Å². The van der Waals surface area contributed by atoms with Crippen LogP contribution in [0, 0.1) is 0 Å². The summed E-state index contributed by atoms with van der Waals surface area (Å²) in [6, 6.07) is 0.188. The van der Waals surface area contributed by atoms with Crippen LogP contribution in [0.25, 0.3) is 0 Å². The van der Waals surface area contributed by atoms with E-state index in [2.05, 4.69) is 28.4 Å². The fourth-order valence-electron chi connectivity index (χ4n) is 3.55. The number of carbonyl (C=O) groups is 2. The Kier molecular flexibility index (Phi) is 7.61. The molecule has 0 aliphatic carbocycles. The molecule has 0 radical (unpaired) electrons. The molecular weight excluding hydrogens is 370 g/mol. The predicted octanol–water partition coefficient (Wildman–Crippen LogP) is -1.20. The highest BCUT2D eigenvalue weighted by Gasteiger charge is 2.37. The van der Waals surface area contributed by atoms with E-state index in [4.69, 9.17) is 5.73 Å². The number of amides is 2. The molecule has 2 saturated heterocycles. The molecule has 1 atom stereocenters. The summed E-state index contributed by atoms with van der Waals surface area (Å²) in [5, 5.41) is -1.53. The molecular formula is C17H33N5O4S. The molecule has 0 aromatic heterocycles. The average Bonchev–Trinajstić information content (AvgIpc) is 2.59. The van der Waals surface area contributed by atoms with Crippen molar-refractivity contribution in [2.24, 2.45) is 5.73 Å². The zero-order chi connectivity index (χ0) is 20.2. The maximum Gasteiger partial charge on any atom is 0.237 e. The Morgan fingerprint density at radius 1 is 1.07 bits per heavy atom. The molecule has 2 amide bonds. The molecule has 10 heteroatoms. The van der Waals surface area contributed by atoms with Gasteiger partial charge >= 0.3 is 0 Å². The second-order valence-corrected chi connectivity index (χ2v) is 9.74. The summed E-state index contributed by atoms with van der Waals surface area (Å²) in [5.74, 6) is -1.32. The van der Waals surface area contributed by atoms with Crippen LogP contribution in [0.1, 0.15) is 33.1 Å². The van der Waals surface area contributed by atoms with Crippen molar-refractivity contribution in [3.63, 3.8) is 0 Å². The fourth-order valence-corrected chi connectivity index (χ4v) is 5.09. The number of sulfonamides is 1. The second kappa shape index (κ2) is 9.31. The van der Waals surface area contributed by atoms with Crippen LogP contribution >= 0.6 is 0 Å². The highest BCUT2D eigenvalue weighted by atomic mass is 32.2. The van der Waals surface area contributed by atoms with E-state index >= 15 is 0 Å². The van der Waals surface area contributed by atoms with Gasteiger partial charge in [0.1, 0.15) is 0 Å². The number of likely N-dealkylation sites (N-methyl/N-ethyl adjacent to an activating group) is 1. The number of hydrogen-bond donors (Lipinski definition) is 2. The second-order valence-electron chi connectivity index (χ2n) is 7.85. The lowest BCUT2D eigenvalue weighted by atomic mass is 10.1. The molecule has 9 nitrogen and oxygen atoms in total. The summed E-state index contributed by atoms with van der Waals surface area (Å²) >= 11 is 0. The van der Waals surface area contributed by atoms with Crippen LogP contribution in [-0.4, -0.2) is 98.6 Å². The van der Waals surface area contributed by atoms with E-state index in [-0.39, 0.29) is 11.9 Å². The molecule has 0 aromatic rings. The Hall–Kier alpha value is -1.23. The van der Waals surface area contributed by atoms with Crippen molar-refractivity contribution in [2.45, 2.75) is 50.4 Å². The summed E-state index contributed by atoms with van der Waals surface area (Å²) in [6.45, 7) is 8.33. The van der Waals surface area contributed by atoms with Crippen molar-refractivity contribution >= 4 is 21.8 Å². The number of piperidine rings is 1. The third kappa shape index (κ3) is 6.13. The van der Waals surface area contributed by atoms with Crippen molar-refractivity contribution in [3.05, 3.63) is 0 Å². The van der Waals surface area contributed by atoms with Gasteiger partial charge in [-0.3, -0.25) is 9.59 Å². The van der Waals surface area contributed by atoms with E-state index in [1.54, 1.807) is 4.90 Å². The third-order valence-electron chi connectivity index (χ3n) is 5.50. The van der Waals surface area contributed by atoms with Crippen molar-refractivity contribution < 1.29 is 18.0 Å². The van der Waals surface area contributed by atoms with Crippen LogP contribution in [0.15, 0.2) is 0 Å². The van der Waals surface area contributed by atoms with Gasteiger partial charge in [0.25, 0.3) is 0 Å². The average molecular weight is 404 g/mol. The standard InChI is InChI=1S/C17H33N5O4S/c1-13(2)21-6-4-14(5-7-21)19-27(25,26)15(17(18)24)12-16(23)22-10-8-20(3)9-11-22/h13-15,19H,4-12H2,1-3H3,(H2,18,24). The smallest absolute Gasteiger partial charge is 0.237 e. The van der Waals surface area contributed by atoms with Crippen LogP contribution in [0.3, 0.4) is 0 Å². The molecule has 27 heavy (non-hydrogen) atoms. The van der Waals surface area contributed by atoms with Gasteiger partial charge in [0.05, 0.1) is 6.42 Å². The molecule has 1 unspecified atom stereocenters. The lowest BCUT2D eigenvalue weighted by molar-refractivity contribution is -0.134. The highest BCUT2D eigenvalue weighted by Crippen LogP contribution is 2.16. The molecule has 2 rings (SSSR count). The van der Waals surface area contributed by atoms with Gasteiger partial charge in [-0.2, -0.15) is 0 Å². The SMILES string of the molecule is CC(C)N1CCC(NS(=O)(=O)C(CC(=O)N2CCN(C)CC2)C(N)=O)CC1. The van der Waals surface area contributed by atoms with E-state index in [1.165, 1.54) is 0 Å². The number of hydrogen-bond acceptors (Lipinski definition) is 6. The molecule has 2 aliphatic rings. The summed E-state index contributed by atoms with van der Waals surface area (Å²) < 4.78 is 28.1. The van der Waals surface area contributed by atoms with Gasteiger partial charge in [-0.1, -0.05) is 0 Å². The number of piperazine rings is 1. The Bertz CT molecular complexity index is 623. The zero-order valence-electron chi connectivity index (χ0n) is 16.6. The van der Waals surface area contributed by atoms with E-state index < -0.39 is 27.6 Å².